The van der Waals surface area contributed by atoms with Crippen LogP contribution >= 0.6 is 23.2 Å². The molecule has 120 valence electrons. The van der Waals surface area contributed by atoms with Crippen LogP contribution in [0.1, 0.15) is 6.92 Å². The molecule has 7 heteroatoms. The lowest BCUT2D eigenvalue weighted by Crippen LogP contribution is -2.36. The first-order chi connectivity index (χ1) is 10.8. The number of nitrogens with zero attached hydrogens (tertiary/aromatic N) is 1. The van der Waals surface area contributed by atoms with Gasteiger partial charge in [0.15, 0.2) is 0 Å². The maximum atomic E-state index is 13.3. The second-order valence-corrected chi connectivity index (χ2v) is 5.66. The van der Waals surface area contributed by atoms with Gasteiger partial charge in [-0.05, 0) is 36.4 Å². The van der Waals surface area contributed by atoms with Crippen LogP contribution in [0.25, 0.3) is 0 Å². The third-order valence-electron chi connectivity index (χ3n) is 2.95. The lowest BCUT2D eigenvalue weighted by atomic mass is 10.2. The molecule has 0 aliphatic rings. The first-order valence-electron chi connectivity index (χ1n) is 6.65. The molecule has 0 aromatic heterocycles. The van der Waals surface area contributed by atoms with E-state index in [-0.39, 0.29) is 12.5 Å². The summed E-state index contributed by atoms with van der Waals surface area (Å²) in [4.78, 5) is 25.0. The molecule has 0 heterocycles. The molecule has 2 amide bonds. The third-order valence-corrected chi connectivity index (χ3v) is 3.38. The van der Waals surface area contributed by atoms with Crippen LogP contribution in [-0.4, -0.2) is 18.4 Å². The van der Waals surface area contributed by atoms with Crippen molar-refractivity contribution < 1.29 is 14.0 Å². The Bertz CT molecular complexity index is 732. The van der Waals surface area contributed by atoms with Gasteiger partial charge in [-0.15, -0.1) is 0 Å². The second kappa shape index (κ2) is 7.44. The van der Waals surface area contributed by atoms with Crippen LogP contribution in [0.2, 0.25) is 10.0 Å². The molecule has 0 spiro atoms. The normalized spacial score (nSPS) is 10.3. The van der Waals surface area contributed by atoms with Gasteiger partial charge in [0.2, 0.25) is 11.8 Å². The first-order valence-corrected chi connectivity index (χ1v) is 7.40. The number of rotatable bonds is 4. The molecule has 0 saturated heterocycles. The molecular weight excluding hydrogens is 342 g/mol. The Hall–Kier alpha value is -2.11. The Morgan fingerprint density at radius 3 is 2.35 bits per heavy atom. The molecule has 2 aromatic rings. The number of amides is 2. The lowest BCUT2D eigenvalue weighted by molar-refractivity contribution is -0.120. The molecule has 0 aliphatic carbocycles. The summed E-state index contributed by atoms with van der Waals surface area (Å²) >= 11 is 11.7. The van der Waals surface area contributed by atoms with Crippen molar-refractivity contribution in [1.82, 2.24) is 0 Å². The Morgan fingerprint density at radius 2 is 1.78 bits per heavy atom. The van der Waals surface area contributed by atoms with E-state index in [1.54, 1.807) is 6.07 Å². The molecule has 23 heavy (non-hydrogen) atoms. The molecule has 0 bridgehead atoms. The van der Waals surface area contributed by atoms with Crippen LogP contribution in [0.4, 0.5) is 15.8 Å². The van der Waals surface area contributed by atoms with Gasteiger partial charge in [-0.3, -0.25) is 9.59 Å². The average Bonchev–Trinajstić information content (AvgIpc) is 2.43. The number of nitrogens with one attached hydrogen (secondary N) is 1. The van der Waals surface area contributed by atoms with E-state index in [1.807, 2.05) is 0 Å². The number of benzene rings is 2. The summed E-state index contributed by atoms with van der Waals surface area (Å²) < 4.78 is 13.3. The fourth-order valence-electron chi connectivity index (χ4n) is 2.00. The van der Waals surface area contributed by atoms with Crippen molar-refractivity contribution in [1.29, 1.82) is 0 Å². The number of hydrogen-bond donors (Lipinski definition) is 1. The largest absolute Gasteiger partial charge is 0.324 e. The molecule has 0 saturated carbocycles. The highest BCUT2D eigenvalue weighted by molar-refractivity contribution is 6.35. The molecule has 4 nitrogen and oxygen atoms in total. The predicted octanol–water partition coefficient (Wildman–Crippen LogP) is 4.12. The highest BCUT2D eigenvalue weighted by atomic mass is 35.5. The van der Waals surface area contributed by atoms with Gasteiger partial charge in [0, 0.05) is 28.3 Å². The highest BCUT2D eigenvalue weighted by Gasteiger charge is 2.16. The molecule has 1 N–H and O–H groups in total. The molecule has 2 aromatic carbocycles. The van der Waals surface area contributed by atoms with Crippen LogP contribution in [-0.2, 0) is 9.59 Å². The summed E-state index contributed by atoms with van der Waals surface area (Å²) in [6, 6.07) is 10.1. The summed E-state index contributed by atoms with van der Waals surface area (Å²) in [5.74, 6) is -1.33. The molecule has 0 radical (unpaired) electrons. The SMILES string of the molecule is CC(=O)N(CC(=O)Nc1cc(Cl)cc(Cl)c1)c1cccc(F)c1. The van der Waals surface area contributed by atoms with Gasteiger partial charge in [-0.25, -0.2) is 4.39 Å². The maximum absolute atomic E-state index is 13.3. The highest BCUT2D eigenvalue weighted by Crippen LogP contribution is 2.22. The number of halogens is 3. The van der Waals surface area contributed by atoms with E-state index in [9.17, 15) is 14.0 Å². The van der Waals surface area contributed by atoms with Crippen molar-refractivity contribution in [3.05, 3.63) is 58.3 Å². The molecule has 0 fully saturated rings. The van der Waals surface area contributed by atoms with E-state index in [2.05, 4.69) is 5.32 Å². The molecular formula is C16H13Cl2FN2O2. The zero-order valence-electron chi connectivity index (χ0n) is 12.1. The van der Waals surface area contributed by atoms with Crippen molar-refractivity contribution >= 4 is 46.4 Å². The summed E-state index contributed by atoms with van der Waals surface area (Å²) in [7, 11) is 0. The van der Waals surface area contributed by atoms with Crippen LogP contribution in [0.15, 0.2) is 42.5 Å². The zero-order valence-corrected chi connectivity index (χ0v) is 13.7. The maximum Gasteiger partial charge on any atom is 0.244 e. The molecule has 0 aliphatic heterocycles. The topological polar surface area (TPSA) is 49.4 Å². The summed E-state index contributed by atoms with van der Waals surface area (Å²) in [5, 5.41) is 3.35. The van der Waals surface area contributed by atoms with Crippen LogP contribution in [0, 0.1) is 5.82 Å². The summed E-state index contributed by atoms with van der Waals surface area (Å²) in [5.41, 5.74) is 0.715. The van der Waals surface area contributed by atoms with Crippen LogP contribution in [0.5, 0.6) is 0 Å². The van der Waals surface area contributed by atoms with E-state index in [0.29, 0.717) is 21.4 Å². The minimum Gasteiger partial charge on any atom is -0.324 e. The van der Waals surface area contributed by atoms with E-state index < -0.39 is 11.7 Å². The predicted molar refractivity (Wildman–Crippen MR) is 89.5 cm³/mol. The smallest absolute Gasteiger partial charge is 0.244 e. The van der Waals surface area contributed by atoms with Gasteiger partial charge in [0.05, 0.1) is 0 Å². The minimum absolute atomic E-state index is 0.261. The van der Waals surface area contributed by atoms with Crippen molar-refractivity contribution in [2.45, 2.75) is 6.92 Å². The summed E-state index contributed by atoms with van der Waals surface area (Å²) in [6.45, 7) is 1.04. The van der Waals surface area contributed by atoms with Crippen LogP contribution < -0.4 is 10.2 Å². The van der Waals surface area contributed by atoms with Crippen molar-refractivity contribution in [2.24, 2.45) is 0 Å². The molecule has 2 rings (SSSR count). The van der Waals surface area contributed by atoms with Gasteiger partial charge < -0.3 is 10.2 Å². The Morgan fingerprint density at radius 1 is 1.13 bits per heavy atom. The van der Waals surface area contributed by atoms with Crippen molar-refractivity contribution in [3.8, 4) is 0 Å². The standard InChI is InChI=1S/C16H13Cl2FN2O2/c1-10(22)21(15-4-2-3-13(19)8-15)9-16(23)20-14-6-11(17)5-12(18)7-14/h2-8H,9H2,1H3,(H,20,23). The van der Waals surface area contributed by atoms with Gasteiger partial charge in [0.25, 0.3) is 0 Å². The lowest BCUT2D eigenvalue weighted by Gasteiger charge is -2.20. The number of carbonyl (C=O) groups is 2. The van der Waals surface area contributed by atoms with E-state index in [4.69, 9.17) is 23.2 Å². The Kier molecular flexibility index (Phi) is 5.58. The van der Waals surface area contributed by atoms with Gasteiger partial charge in [0.1, 0.15) is 12.4 Å². The van der Waals surface area contributed by atoms with Gasteiger partial charge >= 0.3 is 0 Å². The van der Waals surface area contributed by atoms with Gasteiger partial charge in [-0.2, -0.15) is 0 Å². The Labute approximate surface area is 142 Å². The Balaban J connectivity index is 2.14. The second-order valence-electron chi connectivity index (χ2n) is 4.79. The zero-order chi connectivity index (χ0) is 17.0. The fraction of sp³-hybridized carbons (Fsp3) is 0.125. The number of anilines is 2. The number of hydrogen-bond acceptors (Lipinski definition) is 2. The third kappa shape index (κ3) is 4.94. The van der Waals surface area contributed by atoms with Crippen molar-refractivity contribution in [2.75, 3.05) is 16.8 Å². The molecule has 0 unspecified atom stereocenters. The monoisotopic (exact) mass is 354 g/mol. The van der Waals surface area contributed by atoms with Crippen molar-refractivity contribution in [3.63, 3.8) is 0 Å². The summed E-state index contributed by atoms with van der Waals surface area (Å²) in [6.07, 6.45) is 0. The minimum atomic E-state index is -0.490. The van der Waals surface area contributed by atoms with E-state index in [0.717, 1.165) is 0 Å². The van der Waals surface area contributed by atoms with Crippen LogP contribution in [0.3, 0.4) is 0 Å². The van der Waals surface area contributed by atoms with Gasteiger partial charge in [-0.1, -0.05) is 29.3 Å². The fourth-order valence-corrected chi connectivity index (χ4v) is 2.52. The first kappa shape index (κ1) is 17.2. The average molecular weight is 355 g/mol. The van der Waals surface area contributed by atoms with E-state index >= 15 is 0 Å². The van der Waals surface area contributed by atoms with E-state index in [1.165, 1.54) is 48.2 Å². The number of carbonyl (C=O) groups excluding carboxylic acids is 2. The molecule has 0 atom stereocenters. The quantitative estimate of drug-likeness (QED) is 0.897.